The Morgan fingerprint density at radius 2 is 2.22 bits per heavy atom. The summed E-state index contributed by atoms with van der Waals surface area (Å²) in [4.78, 5) is 1.18. The molecule has 4 heteroatoms. The third-order valence-electron chi connectivity index (χ3n) is 3.31. The number of rotatable bonds is 1. The largest absolute Gasteiger partial charge is 0.484 e. The SMILES string of the molecule is Cc1ccsc1C1CC(N)c2ccc(F)cc2O1. The second kappa shape index (κ2) is 4.37. The lowest BCUT2D eigenvalue weighted by atomic mass is 9.96. The molecule has 0 radical (unpaired) electrons. The summed E-state index contributed by atoms with van der Waals surface area (Å²) in [6.07, 6.45) is 0.675. The fourth-order valence-electron chi connectivity index (χ4n) is 2.35. The van der Waals surface area contributed by atoms with Crippen LogP contribution in [0.1, 0.15) is 34.6 Å². The van der Waals surface area contributed by atoms with Gasteiger partial charge in [-0.1, -0.05) is 6.07 Å². The van der Waals surface area contributed by atoms with Crippen molar-refractivity contribution in [1.82, 2.24) is 0 Å². The van der Waals surface area contributed by atoms with E-state index in [-0.39, 0.29) is 18.0 Å². The number of benzene rings is 1. The Balaban J connectivity index is 1.98. The number of thiophene rings is 1. The number of hydrogen-bond acceptors (Lipinski definition) is 3. The molecule has 0 amide bonds. The maximum absolute atomic E-state index is 13.3. The number of nitrogens with two attached hydrogens (primary N) is 1. The van der Waals surface area contributed by atoms with Gasteiger partial charge in [-0.05, 0) is 30.0 Å². The summed E-state index contributed by atoms with van der Waals surface area (Å²) in [6.45, 7) is 2.06. The quantitative estimate of drug-likeness (QED) is 0.851. The number of fused-ring (bicyclic) bond motifs is 1. The van der Waals surface area contributed by atoms with Gasteiger partial charge in [0.15, 0.2) is 0 Å². The van der Waals surface area contributed by atoms with Crippen LogP contribution in [0.25, 0.3) is 0 Å². The second-order valence-corrected chi connectivity index (χ2v) is 5.55. The Morgan fingerprint density at radius 1 is 1.39 bits per heavy atom. The Hall–Kier alpha value is -1.39. The highest BCUT2D eigenvalue weighted by atomic mass is 32.1. The molecule has 1 aromatic heterocycles. The lowest BCUT2D eigenvalue weighted by molar-refractivity contribution is 0.163. The van der Waals surface area contributed by atoms with Crippen LogP contribution >= 0.6 is 11.3 Å². The van der Waals surface area contributed by atoms with E-state index in [0.717, 1.165) is 12.0 Å². The smallest absolute Gasteiger partial charge is 0.135 e. The Labute approximate surface area is 109 Å². The van der Waals surface area contributed by atoms with Gasteiger partial charge in [0.05, 0.1) is 0 Å². The van der Waals surface area contributed by atoms with Gasteiger partial charge in [-0.25, -0.2) is 4.39 Å². The van der Waals surface area contributed by atoms with Crippen molar-refractivity contribution in [2.45, 2.75) is 25.5 Å². The molecule has 1 aliphatic rings. The van der Waals surface area contributed by atoms with E-state index in [0.29, 0.717) is 5.75 Å². The van der Waals surface area contributed by atoms with Crippen LogP contribution in [-0.2, 0) is 0 Å². The van der Waals surface area contributed by atoms with E-state index < -0.39 is 0 Å². The molecular weight excluding hydrogens is 249 g/mol. The highest BCUT2D eigenvalue weighted by Crippen LogP contribution is 2.42. The lowest BCUT2D eigenvalue weighted by Crippen LogP contribution is -2.24. The molecule has 0 saturated heterocycles. The van der Waals surface area contributed by atoms with Crippen LogP contribution < -0.4 is 10.5 Å². The highest BCUT2D eigenvalue weighted by molar-refractivity contribution is 7.10. The molecule has 1 aromatic carbocycles. The third-order valence-corrected chi connectivity index (χ3v) is 4.42. The van der Waals surface area contributed by atoms with Crippen LogP contribution in [0.3, 0.4) is 0 Å². The van der Waals surface area contributed by atoms with Crippen molar-refractivity contribution in [3.05, 3.63) is 51.5 Å². The van der Waals surface area contributed by atoms with Gasteiger partial charge >= 0.3 is 0 Å². The summed E-state index contributed by atoms with van der Waals surface area (Å²) in [5, 5.41) is 2.04. The molecule has 1 aliphatic heterocycles. The molecule has 94 valence electrons. The summed E-state index contributed by atoms with van der Waals surface area (Å²) in [5.74, 6) is 0.288. The topological polar surface area (TPSA) is 35.2 Å². The number of aryl methyl sites for hydroxylation is 1. The van der Waals surface area contributed by atoms with Crippen LogP contribution in [0, 0.1) is 12.7 Å². The first kappa shape index (κ1) is 11.7. The van der Waals surface area contributed by atoms with Crippen molar-refractivity contribution >= 4 is 11.3 Å². The molecule has 2 atom stereocenters. The summed E-state index contributed by atoms with van der Waals surface area (Å²) < 4.78 is 19.2. The molecule has 18 heavy (non-hydrogen) atoms. The zero-order valence-corrected chi connectivity index (χ0v) is 10.8. The molecule has 3 rings (SSSR count). The normalized spacial score (nSPS) is 22.4. The average Bonchev–Trinajstić information content (AvgIpc) is 2.74. The molecule has 0 bridgehead atoms. The Morgan fingerprint density at radius 3 is 2.94 bits per heavy atom. The summed E-state index contributed by atoms with van der Waals surface area (Å²) >= 11 is 1.66. The van der Waals surface area contributed by atoms with Gasteiger partial charge in [-0.3, -0.25) is 0 Å². The van der Waals surface area contributed by atoms with Gasteiger partial charge < -0.3 is 10.5 Å². The third kappa shape index (κ3) is 1.91. The number of hydrogen-bond donors (Lipinski definition) is 1. The van der Waals surface area contributed by atoms with E-state index >= 15 is 0 Å². The Bertz CT molecular complexity index is 581. The van der Waals surface area contributed by atoms with Gasteiger partial charge in [0, 0.05) is 29.0 Å². The van der Waals surface area contributed by atoms with Gasteiger partial charge in [0.25, 0.3) is 0 Å². The van der Waals surface area contributed by atoms with E-state index in [9.17, 15) is 4.39 Å². The van der Waals surface area contributed by atoms with E-state index in [1.165, 1.54) is 22.6 Å². The Kier molecular flexibility index (Phi) is 2.84. The zero-order chi connectivity index (χ0) is 12.7. The molecule has 0 spiro atoms. The monoisotopic (exact) mass is 263 g/mol. The zero-order valence-electron chi connectivity index (χ0n) is 10.0. The minimum absolute atomic E-state index is 0.0608. The number of ether oxygens (including phenoxy) is 1. The van der Waals surface area contributed by atoms with Gasteiger partial charge in [0.2, 0.25) is 0 Å². The maximum atomic E-state index is 13.3. The van der Waals surface area contributed by atoms with Crippen LogP contribution in [0.5, 0.6) is 5.75 Å². The first-order valence-corrected chi connectivity index (χ1v) is 6.79. The lowest BCUT2D eigenvalue weighted by Gasteiger charge is -2.30. The molecule has 0 saturated carbocycles. The summed E-state index contributed by atoms with van der Waals surface area (Å²) in [7, 11) is 0. The number of halogens is 1. The standard InChI is InChI=1S/C14H14FNOS/c1-8-4-5-18-14(8)13-7-11(16)10-3-2-9(15)6-12(10)17-13/h2-6,11,13H,7,16H2,1H3. The molecular formula is C14H14FNOS. The molecule has 2 nitrogen and oxygen atoms in total. The fraction of sp³-hybridized carbons (Fsp3) is 0.286. The molecule has 0 fully saturated rings. The van der Waals surface area contributed by atoms with Gasteiger partial charge in [0.1, 0.15) is 17.7 Å². The van der Waals surface area contributed by atoms with Crippen molar-refractivity contribution in [3.8, 4) is 5.75 Å². The van der Waals surface area contributed by atoms with Crippen LogP contribution in [-0.4, -0.2) is 0 Å². The molecule has 2 unspecified atom stereocenters. The van der Waals surface area contributed by atoms with Gasteiger partial charge in [-0.2, -0.15) is 0 Å². The fourth-order valence-corrected chi connectivity index (χ4v) is 3.32. The van der Waals surface area contributed by atoms with Crippen LogP contribution in [0.15, 0.2) is 29.6 Å². The highest BCUT2D eigenvalue weighted by Gasteiger charge is 2.28. The van der Waals surface area contributed by atoms with E-state index in [1.54, 1.807) is 17.4 Å². The van der Waals surface area contributed by atoms with E-state index in [1.807, 2.05) is 5.38 Å². The summed E-state index contributed by atoms with van der Waals surface area (Å²) in [5.41, 5.74) is 8.24. The van der Waals surface area contributed by atoms with Crippen molar-refractivity contribution in [3.63, 3.8) is 0 Å². The van der Waals surface area contributed by atoms with E-state index in [2.05, 4.69) is 13.0 Å². The minimum Gasteiger partial charge on any atom is -0.484 e. The van der Waals surface area contributed by atoms with Crippen LogP contribution in [0.4, 0.5) is 4.39 Å². The van der Waals surface area contributed by atoms with Crippen molar-refractivity contribution in [2.75, 3.05) is 0 Å². The first-order valence-electron chi connectivity index (χ1n) is 5.91. The minimum atomic E-state index is -0.287. The average molecular weight is 263 g/mol. The predicted octanol–water partition coefficient (Wildman–Crippen LogP) is 3.72. The molecule has 2 aromatic rings. The van der Waals surface area contributed by atoms with Crippen LogP contribution in [0.2, 0.25) is 0 Å². The van der Waals surface area contributed by atoms with Gasteiger partial charge in [-0.15, -0.1) is 11.3 Å². The van der Waals surface area contributed by atoms with Crippen molar-refractivity contribution < 1.29 is 9.13 Å². The second-order valence-electron chi connectivity index (χ2n) is 4.60. The first-order chi connectivity index (χ1) is 8.65. The predicted molar refractivity (Wildman–Crippen MR) is 70.4 cm³/mol. The molecule has 0 aliphatic carbocycles. The molecule has 2 heterocycles. The summed E-state index contributed by atoms with van der Waals surface area (Å²) in [6, 6.07) is 6.53. The van der Waals surface area contributed by atoms with Crippen molar-refractivity contribution in [2.24, 2.45) is 5.73 Å². The van der Waals surface area contributed by atoms with Crippen molar-refractivity contribution in [1.29, 1.82) is 0 Å². The van der Waals surface area contributed by atoms with E-state index in [4.69, 9.17) is 10.5 Å². The maximum Gasteiger partial charge on any atom is 0.135 e. The molecule has 2 N–H and O–H groups in total.